The molecule has 1 aliphatic rings. The minimum absolute atomic E-state index is 0.0980. The predicted octanol–water partition coefficient (Wildman–Crippen LogP) is 2.99. The van der Waals surface area contributed by atoms with Crippen LogP contribution in [0.2, 0.25) is 0 Å². The summed E-state index contributed by atoms with van der Waals surface area (Å²) in [5, 5.41) is 20.1. The van der Waals surface area contributed by atoms with Crippen molar-refractivity contribution in [1.29, 1.82) is 0 Å². The first-order chi connectivity index (χ1) is 9.33. The number of carboxylic acid groups (broad SMARTS) is 1. The molecule has 108 valence electrons. The van der Waals surface area contributed by atoms with Gasteiger partial charge < -0.3 is 9.84 Å². The molecule has 0 radical (unpaired) electrons. The first kappa shape index (κ1) is 14.3. The van der Waals surface area contributed by atoms with Crippen molar-refractivity contribution in [2.24, 2.45) is 0 Å². The molecule has 0 aromatic heterocycles. The Morgan fingerprint density at radius 1 is 1.45 bits per heavy atom. The lowest BCUT2D eigenvalue weighted by Crippen LogP contribution is -2.45. The van der Waals surface area contributed by atoms with Gasteiger partial charge in [-0.1, -0.05) is 6.07 Å². The van der Waals surface area contributed by atoms with Gasteiger partial charge in [0.05, 0.1) is 11.3 Å². The van der Waals surface area contributed by atoms with E-state index >= 15 is 0 Å². The maximum absolute atomic E-state index is 11.1. The molecule has 2 rings (SSSR count). The number of ether oxygens (including phenoxy) is 1. The number of nitro benzene ring substituents is 1. The van der Waals surface area contributed by atoms with E-state index in [1.54, 1.807) is 19.9 Å². The number of carbonyl (C=O) groups is 1. The zero-order chi connectivity index (χ0) is 14.9. The molecule has 0 atom stereocenters. The van der Waals surface area contributed by atoms with Crippen molar-refractivity contribution < 1.29 is 19.6 Å². The second-order valence-corrected chi connectivity index (χ2v) is 5.40. The summed E-state index contributed by atoms with van der Waals surface area (Å²) in [6.07, 6.45) is 1.98. The summed E-state index contributed by atoms with van der Waals surface area (Å²) in [7, 11) is 0. The molecule has 0 bridgehead atoms. The SMILES string of the molecule is Cc1cc(C)c(OC2(CC(=O)O)CCC2)c([N+](=O)[O-])c1. The van der Waals surface area contributed by atoms with Gasteiger partial charge in [-0.25, -0.2) is 0 Å². The summed E-state index contributed by atoms with van der Waals surface area (Å²) in [6, 6.07) is 3.25. The fraction of sp³-hybridized carbons (Fsp3) is 0.500. The van der Waals surface area contributed by atoms with Crippen molar-refractivity contribution in [2.75, 3.05) is 0 Å². The van der Waals surface area contributed by atoms with E-state index in [0.717, 1.165) is 12.0 Å². The van der Waals surface area contributed by atoms with Gasteiger partial charge in [-0.3, -0.25) is 14.9 Å². The number of nitro groups is 1. The zero-order valence-corrected chi connectivity index (χ0v) is 11.5. The van der Waals surface area contributed by atoms with Crippen molar-refractivity contribution in [2.45, 2.75) is 45.1 Å². The Bertz CT molecular complexity index is 563. The van der Waals surface area contributed by atoms with E-state index in [1.165, 1.54) is 6.07 Å². The fourth-order valence-electron chi connectivity index (χ4n) is 2.58. The summed E-state index contributed by atoms with van der Waals surface area (Å²) in [5.74, 6) is -0.751. The third kappa shape index (κ3) is 2.74. The molecule has 1 aliphatic carbocycles. The lowest BCUT2D eigenvalue weighted by molar-refractivity contribution is -0.386. The highest BCUT2D eigenvalue weighted by atomic mass is 16.6. The number of carboxylic acids is 1. The molecule has 20 heavy (non-hydrogen) atoms. The molecule has 1 N–H and O–H groups in total. The Labute approximate surface area is 116 Å². The lowest BCUT2D eigenvalue weighted by Gasteiger charge is -2.40. The van der Waals surface area contributed by atoms with Gasteiger partial charge >= 0.3 is 11.7 Å². The highest BCUT2D eigenvalue weighted by Gasteiger charge is 2.43. The third-order valence-corrected chi connectivity index (χ3v) is 3.65. The van der Waals surface area contributed by atoms with E-state index in [-0.39, 0.29) is 17.9 Å². The van der Waals surface area contributed by atoms with Crippen LogP contribution in [0.3, 0.4) is 0 Å². The minimum atomic E-state index is -0.947. The second-order valence-electron chi connectivity index (χ2n) is 5.40. The molecule has 1 aromatic rings. The molecule has 0 saturated heterocycles. The smallest absolute Gasteiger partial charge is 0.311 e. The molecular formula is C14H17NO5. The third-order valence-electron chi connectivity index (χ3n) is 3.65. The van der Waals surface area contributed by atoms with Gasteiger partial charge in [0.25, 0.3) is 0 Å². The summed E-state index contributed by atoms with van der Waals surface area (Å²) in [6.45, 7) is 3.52. The normalized spacial score (nSPS) is 16.3. The van der Waals surface area contributed by atoms with Crippen LogP contribution >= 0.6 is 0 Å². The first-order valence-corrected chi connectivity index (χ1v) is 6.49. The van der Waals surface area contributed by atoms with Gasteiger partial charge in [0.1, 0.15) is 5.60 Å². The molecule has 1 aromatic carbocycles. The van der Waals surface area contributed by atoms with E-state index in [2.05, 4.69) is 0 Å². The highest BCUT2D eigenvalue weighted by Crippen LogP contribution is 2.43. The number of benzene rings is 1. The Kier molecular flexibility index (Phi) is 3.65. The van der Waals surface area contributed by atoms with Crippen molar-refractivity contribution in [1.82, 2.24) is 0 Å². The van der Waals surface area contributed by atoms with E-state index in [1.807, 2.05) is 0 Å². The Morgan fingerprint density at radius 3 is 2.55 bits per heavy atom. The molecule has 0 unspecified atom stereocenters. The molecule has 6 nitrogen and oxygen atoms in total. The maximum Gasteiger partial charge on any atom is 0.311 e. The Morgan fingerprint density at radius 2 is 2.10 bits per heavy atom. The monoisotopic (exact) mass is 279 g/mol. The Balaban J connectivity index is 2.37. The summed E-state index contributed by atoms with van der Waals surface area (Å²) < 4.78 is 5.80. The van der Waals surface area contributed by atoms with Crippen LogP contribution in [0.1, 0.15) is 36.8 Å². The van der Waals surface area contributed by atoms with Crippen LogP contribution in [-0.2, 0) is 4.79 Å². The van der Waals surface area contributed by atoms with E-state index in [4.69, 9.17) is 9.84 Å². The van der Waals surface area contributed by atoms with Crippen LogP contribution in [0.25, 0.3) is 0 Å². The van der Waals surface area contributed by atoms with Crippen LogP contribution in [-0.4, -0.2) is 21.6 Å². The quantitative estimate of drug-likeness (QED) is 0.661. The topological polar surface area (TPSA) is 89.7 Å². The van der Waals surface area contributed by atoms with Crippen molar-refractivity contribution in [3.8, 4) is 5.75 Å². The maximum atomic E-state index is 11.1. The first-order valence-electron chi connectivity index (χ1n) is 6.49. The second kappa shape index (κ2) is 5.11. The van der Waals surface area contributed by atoms with E-state index in [0.29, 0.717) is 18.4 Å². The Hall–Kier alpha value is -2.11. The average molecular weight is 279 g/mol. The summed E-state index contributed by atoms with van der Waals surface area (Å²) >= 11 is 0. The van der Waals surface area contributed by atoms with Gasteiger partial charge in [0, 0.05) is 6.07 Å². The number of hydrogen-bond acceptors (Lipinski definition) is 4. The van der Waals surface area contributed by atoms with Gasteiger partial charge in [-0.05, 0) is 44.2 Å². The van der Waals surface area contributed by atoms with Crippen LogP contribution in [0, 0.1) is 24.0 Å². The lowest BCUT2D eigenvalue weighted by atomic mass is 9.77. The van der Waals surface area contributed by atoms with Crippen LogP contribution in [0.4, 0.5) is 5.69 Å². The molecule has 1 saturated carbocycles. The molecule has 0 aliphatic heterocycles. The molecule has 0 spiro atoms. The van der Waals surface area contributed by atoms with E-state index < -0.39 is 16.5 Å². The van der Waals surface area contributed by atoms with Crippen LogP contribution < -0.4 is 4.74 Å². The van der Waals surface area contributed by atoms with Crippen molar-refractivity contribution in [3.05, 3.63) is 33.4 Å². The number of aryl methyl sites for hydroxylation is 2. The molecule has 1 fully saturated rings. The zero-order valence-electron chi connectivity index (χ0n) is 11.5. The van der Waals surface area contributed by atoms with Crippen molar-refractivity contribution in [3.63, 3.8) is 0 Å². The van der Waals surface area contributed by atoms with Gasteiger partial charge in [-0.2, -0.15) is 0 Å². The predicted molar refractivity (Wildman–Crippen MR) is 72.0 cm³/mol. The summed E-state index contributed by atoms with van der Waals surface area (Å²) in [5.41, 5.74) is 0.548. The van der Waals surface area contributed by atoms with Gasteiger partial charge in [0.2, 0.25) is 5.75 Å². The number of rotatable bonds is 5. The standard InChI is InChI=1S/C14H17NO5/c1-9-6-10(2)13(11(7-9)15(18)19)20-14(4-3-5-14)8-12(16)17/h6-7H,3-5,8H2,1-2H3,(H,16,17). The molecule has 0 heterocycles. The van der Waals surface area contributed by atoms with Crippen LogP contribution in [0.15, 0.2) is 12.1 Å². The fourth-order valence-corrected chi connectivity index (χ4v) is 2.58. The molecule has 0 amide bonds. The van der Waals surface area contributed by atoms with Crippen LogP contribution in [0.5, 0.6) is 5.75 Å². The largest absolute Gasteiger partial charge is 0.481 e. The van der Waals surface area contributed by atoms with Crippen molar-refractivity contribution >= 4 is 11.7 Å². The minimum Gasteiger partial charge on any atom is -0.481 e. The highest BCUT2D eigenvalue weighted by molar-refractivity contribution is 5.68. The van der Waals surface area contributed by atoms with Gasteiger partial charge in [-0.15, -0.1) is 0 Å². The molecule has 6 heteroatoms. The number of aliphatic carboxylic acids is 1. The number of hydrogen-bond donors (Lipinski definition) is 1. The van der Waals surface area contributed by atoms with Gasteiger partial charge in [0.15, 0.2) is 0 Å². The van der Waals surface area contributed by atoms with E-state index in [9.17, 15) is 14.9 Å². The molecular weight excluding hydrogens is 262 g/mol. The number of nitrogens with zero attached hydrogens (tertiary/aromatic N) is 1. The summed E-state index contributed by atoms with van der Waals surface area (Å²) in [4.78, 5) is 21.6. The average Bonchev–Trinajstić information content (AvgIpc) is 2.28.